The number of nitrogens with zero attached hydrogens (tertiary/aromatic N) is 2. The number of hydrogen-bond acceptors (Lipinski definition) is 6. The van der Waals surface area contributed by atoms with Gasteiger partial charge in [0.25, 0.3) is 5.69 Å². The van der Waals surface area contributed by atoms with Crippen molar-refractivity contribution in [2.45, 2.75) is 19.8 Å². The quantitative estimate of drug-likeness (QED) is 0.430. The lowest BCUT2D eigenvalue weighted by Crippen LogP contribution is -2.02. The molecular weight excluding hydrogens is 326 g/mol. The van der Waals surface area contributed by atoms with Crippen molar-refractivity contribution in [3.63, 3.8) is 0 Å². The Morgan fingerprint density at radius 1 is 1.33 bits per heavy atom. The summed E-state index contributed by atoms with van der Waals surface area (Å²) >= 11 is 1.23. The number of carbonyl (C=O) groups is 1. The largest absolute Gasteiger partial charge is 0.397 e. The van der Waals surface area contributed by atoms with Gasteiger partial charge in [0.2, 0.25) is 5.78 Å². The van der Waals surface area contributed by atoms with Crippen molar-refractivity contribution in [1.82, 2.24) is 4.98 Å². The summed E-state index contributed by atoms with van der Waals surface area (Å²) in [6.07, 6.45) is 1.85. The average molecular weight is 341 g/mol. The number of ketones is 1. The highest BCUT2D eigenvalue weighted by atomic mass is 32.1. The van der Waals surface area contributed by atoms with E-state index in [0.717, 1.165) is 23.9 Å². The van der Waals surface area contributed by atoms with Crippen LogP contribution in [-0.2, 0) is 6.42 Å². The molecule has 2 aromatic heterocycles. The zero-order valence-corrected chi connectivity index (χ0v) is 13.8. The molecule has 2 N–H and O–H groups in total. The monoisotopic (exact) mass is 341 g/mol. The van der Waals surface area contributed by atoms with Crippen LogP contribution in [0, 0.1) is 10.1 Å². The van der Waals surface area contributed by atoms with E-state index in [1.54, 1.807) is 6.07 Å². The van der Waals surface area contributed by atoms with E-state index in [2.05, 4.69) is 11.9 Å². The number of fused-ring (bicyclic) bond motifs is 1. The molecule has 122 valence electrons. The maximum absolute atomic E-state index is 12.7. The first-order valence-electron chi connectivity index (χ1n) is 7.48. The number of thiophene rings is 1. The van der Waals surface area contributed by atoms with Crippen LogP contribution in [0.4, 0.5) is 11.4 Å². The predicted molar refractivity (Wildman–Crippen MR) is 94.6 cm³/mol. The Morgan fingerprint density at radius 2 is 2.12 bits per heavy atom. The van der Waals surface area contributed by atoms with E-state index in [1.165, 1.54) is 29.5 Å². The summed E-state index contributed by atoms with van der Waals surface area (Å²) in [5, 5.41) is 11.6. The molecule has 0 atom stereocenters. The Balaban J connectivity index is 2.05. The van der Waals surface area contributed by atoms with E-state index in [1.807, 2.05) is 12.1 Å². The summed E-state index contributed by atoms with van der Waals surface area (Å²) in [5.41, 5.74) is 7.58. The molecular formula is C17H15N3O3S. The summed E-state index contributed by atoms with van der Waals surface area (Å²) < 4.78 is 0. The van der Waals surface area contributed by atoms with Gasteiger partial charge in [-0.05, 0) is 18.6 Å². The standard InChI is InChI=1S/C17H15N3O3S/c1-2-4-11-7-8-13-14(18)16(24-17(13)19-11)15(21)10-5-3-6-12(9-10)20(22)23/h3,5-9H,2,4,18H2,1H3. The molecule has 3 rings (SSSR count). The summed E-state index contributed by atoms with van der Waals surface area (Å²) in [7, 11) is 0. The number of nitro groups is 1. The molecule has 0 saturated carbocycles. The van der Waals surface area contributed by atoms with Gasteiger partial charge in [-0.1, -0.05) is 25.5 Å². The Hall–Kier alpha value is -2.80. The zero-order chi connectivity index (χ0) is 17.3. The predicted octanol–water partition coefficient (Wildman–Crippen LogP) is 3.97. The maximum atomic E-state index is 12.7. The van der Waals surface area contributed by atoms with E-state index >= 15 is 0 Å². The van der Waals surface area contributed by atoms with Gasteiger partial charge in [-0.2, -0.15) is 0 Å². The van der Waals surface area contributed by atoms with Crippen molar-refractivity contribution in [3.05, 3.63) is 62.6 Å². The van der Waals surface area contributed by atoms with Crippen molar-refractivity contribution < 1.29 is 9.72 Å². The number of hydrogen-bond donors (Lipinski definition) is 1. The minimum absolute atomic E-state index is 0.121. The van der Waals surface area contributed by atoms with E-state index < -0.39 is 4.92 Å². The Bertz CT molecular complexity index is 949. The van der Waals surface area contributed by atoms with Crippen molar-refractivity contribution in [1.29, 1.82) is 0 Å². The number of aromatic nitrogens is 1. The van der Waals surface area contributed by atoms with Crippen LogP contribution in [0.3, 0.4) is 0 Å². The van der Waals surface area contributed by atoms with E-state index in [0.29, 0.717) is 15.4 Å². The minimum Gasteiger partial charge on any atom is -0.397 e. The molecule has 7 heteroatoms. The third kappa shape index (κ3) is 2.85. The lowest BCUT2D eigenvalue weighted by molar-refractivity contribution is -0.384. The molecule has 0 unspecified atom stereocenters. The SMILES string of the molecule is CCCc1ccc2c(N)c(C(=O)c3cccc([N+](=O)[O-])c3)sc2n1. The van der Waals surface area contributed by atoms with Gasteiger partial charge in [0.05, 0.1) is 10.6 Å². The van der Waals surface area contributed by atoms with E-state index in [9.17, 15) is 14.9 Å². The van der Waals surface area contributed by atoms with Crippen molar-refractivity contribution in [2.24, 2.45) is 0 Å². The van der Waals surface area contributed by atoms with Gasteiger partial charge in [-0.3, -0.25) is 14.9 Å². The van der Waals surface area contributed by atoms with Crippen LogP contribution in [0.5, 0.6) is 0 Å². The average Bonchev–Trinajstić information content (AvgIpc) is 2.91. The number of benzene rings is 1. The molecule has 0 aliphatic heterocycles. The minimum atomic E-state index is -0.524. The van der Waals surface area contributed by atoms with Gasteiger partial charge in [-0.25, -0.2) is 4.98 Å². The van der Waals surface area contributed by atoms with Crippen LogP contribution in [0.1, 0.15) is 34.3 Å². The van der Waals surface area contributed by atoms with Crippen molar-refractivity contribution in [3.8, 4) is 0 Å². The maximum Gasteiger partial charge on any atom is 0.270 e. The number of nitro benzene ring substituents is 1. The van der Waals surface area contributed by atoms with Crippen molar-refractivity contribution >= 4 is 38.7 Å². The Morgan fingerprint density at radius 3 is 2.83 bits per heavy atom. The highest BCUT2D eigenvalue weighted by Crippen LogP contribution is 2.34. The number of rotatable bonds is 5. The highest BCUT2D eigenvalue weighted by Gasteiger charge is 2.20. The molecule has 0 bridgehead atoms. The van der Waals surface area contributed by atoms with E-state index in [4.69, 9.17) is 5.73 Å². The topological polar surface area (TPSA) is 99.1 Å². The lowest BCUT2D eigenvalue weighted by Gasteiger charge is -2.00. The summed E-state index contributed by atoms with van der Waals surface area (Å²) in [6.45, 7) is 2.08. The van der Waals surface area contributed by atoms with Crippen LogP contribution in [-0.4, -0.2) is 15.7 Å². The van der Waals surface area contributed by atoms with Crippen molar-refractivity contribution in [2.75, 3.05) is 5.73 Å². The van der Waals surface area contributed by atoms with Gasteiger partial charge in [0, 0.05) is 28.8 Å². The fourth-order valence-electron chi connectivity index (χ4n) is 2.49. The molecule has 24 heavy (non-hydrogen) atoms. The number of pyridine rings is 1. The van der Waals surface area contributed by atoms with Crippen LogP contribution < -0.4 is 5.73 Å². The third-order valence-corrected chi connectivity index (χ3v) is 4.80. The second-order valence-corrected chi connectivity index (χ2v) is 6.39. The van der Waals surface area contributed by atoms with Crippen LogP contribution >= 0.6 is 11.3 Å². The molecule has 2 heterocycles. The number of non-ortho nitro benzene ring substituents is 1. The summed E-state index contributed by atoms with van der Waals surface area (Å²) in [6, 6.07) is 9.45. The number of aryl methyl sites for hydroxylation is 1. The second kappa shape index (κ2) is 6.37. The molecule has 0 fully saturated rings. The van der Waals surface area contributed by atoms with Gasteiger partial charge in [0.1, 0.15) is 9.71 Å². The van der Waals surface area contributed by atoms with Crippen LogP contribution in [0.25, 0.3) is 10.2 Å². The summed E-state index contributed by atoms with van der Waals surface area (Å²) in [5.74, 6) is -0.323. The number of nitrogens with two attached hydrogens (primary N) is 1. The summed E-state index contributed by atoms with van der Waals surface area (Å²) in [4.78, 5) is 28.7. The van der Waals surface area contributed by atoms with Crippen LogP contribution in [0.15, 0.2) is 36.4 Å². The fraction of sp³-hybridized carbons (Fsp3) is 0.176. The first kappa shape index (κ1) is 16.1. The van der Waals surface area contributed by atoms with Gasteiger partial charge < -0.3 is 5.73 Å². The lowest BCUT2D eigenvalue weighted by atomic mass is 10.1. The molecule has 0 amide bonds. The number of carbonyl (C=O) groups excluding carboxylic acids is 1. The molecule has 0 spiro atoms. The smallest absolute Gasteiger partial charge is 0.270 e. The Kier molecular flexibility index (Phi) is 4.26. The third-order valence-electron chi connectivity index (χ3n) is 3.68. The van der Waals surface area contributed by atoms with Crippen LogP contribution in [0.2, 0.25) is 0 Å². The molecule has 0 radical (unpaired) electrons. The first-order valence-corrected chi connectivity index (χ1v) is 8.30. The highest BCUT2D eigenvalue weighted by molar-refractivity contribution is 7.21. The normalized spacial score (nSPS) is 10.9. The molecule has 0 saturated heterocycles. The van der Waals surface area contributed by atoms with Gasteiger partial charge in [0.15, 0.2) is 0 Å². The van der Waals surface area contributed by atoms with E-state index in [-0.39, 0.29) is 17.0 Å². The molecule has 1 aromatic carbocycles. The molecule has 0 aliphatic rings. The fourth-order valence-corrected chi connectivity index (χ4v) is 3.57. The Labute approximate surface area is 142 Å². The molecule has 0 aliphatic carbocycles. The zero-order valence-electron chi connectivity index (χ0n) is 13.0. The first-order chi connectivity index (χ1) is 11.5. The second-order valence-electron chi connectivity index (χ2n) is 5.39. The van der Waals surface area contributed by atoms with Gasteiger partial charge in [-0.15, -0.1) is 11.3 Å². The van der Waals surface area contributed by atoms with Gasteiger partial charge >= 0.3 is 0 Å². The molecule has 6 nitrogen and oxygen atoms in total. The molecule has 3 aromatic rings. The number of anilines is 1. The number of nitrogen functional groups attached to an aromatic ring is 1.